The van der Waals surface area contributed by atoms with Gasteiger partial charge in [0.2, 0.25) is 0 Å². The number of hydrogen-bond donors (Lipinski definition) is 1. The van der Waals surface area contributed by atoms with Crippen molar-refractivity contribution < 1.29 is 10.0 Å². The van der Waals surface area contributed by atoms with Crippen molar-refractivity contribution in [3.63, 3.8) is 0 Å². The maximum Gasteiger partial charge on any atom is 0.269 e. The van der Waals surface area contributed by atoms with E-state index in [-0.39, 0.29) is 5.69 Å². The van der Waals surface area contributed by atoms with Gasteiger partial charge in [-0.1, -0.05) is 30.3 Å². The number of non-ortho nitro benzene ring substituents is 1. The highest BCUT2D eigenvalue weighted by Crippen LogP contribution is 2.14. The number of hydrogen-bond acceptors (Lipinski definition) is 4. The quantitative estimate of drug-likeness (QED) is 0.519. The fourth-order valence-electron chi connectivity index (χ4n) is 1.55. The van der Waals surface area contributed by atoms with Gasteiger partial charge in [-0.25, -0.2) is 0 Å². The molecule has 0 aliphatic carbocycles. The van der Waals surface area contributed by atoms with Crippen LogP contribution < -0.4 is 0 Å². The zero-order chi connectivity index (χ0) is 13.7. The molecule has 1 unspecified atom stereocenters. The Bertz CT molecular complexity index is 579. The molecule has 1 N–H and O–H groups in total. The Balaban J connectivity index is 2.08. The largest absolute Gasteiger partial charge is 0.368 e. The summed E-state index contributed by atoms with van der Waals surface area (Å²) in [6.45, 7) is 0. The molecule has 0 saturated heterocycles. The van der Waals surface area contributed by atoms with Crippen LogP contribution in [0.1, 0.15) is 17.4 Å². The summed E-state index contributed by atoms with van der Waals surface area (Å²) in [4.78, 5) is 14.0. The summed E-state index contributed by atoms with van der Waals surface area (Å²) in [5, 5.41) is 20.3. The highest BCUT2D eigenvalue weighted by molar-refractivity contribution is 5.80. The number of aliphatic imine (C=N–C) groups is 1. The lowest BCUT2D eigenvalue weighted by Crippen LogP contribution is -1.94. The molecule has 96 valence electrons. The first kappa shape index (κ1) is 12.9. The molecule has 0 radical (unpaired) electrons. The summed E-state index contributed by atoms with van der Waals surface area (Å²) < 4.78 is 0. The first-order valence-electron chi connectivity index (χ1n) is 5.67. The van der Waals surface area contributed by atoms with Gasteiger partial charge in [-0.15, -0.1) is 0 Å². The number of aliphatic hydroxyl groups excluding tert-OH is 1. The number of benzene rings is 2. The van der Waals surface area contributed by atoms with Gasteiger partial charge in [0, 0.05) is 23.9 Å². The fraction of sp³-hybridized carbons (Fsp3) is 0.0714. The van der Waals surface area contributed by atoms with E-state index in [1.54, 1.807) is 24.3 Å². The van der Waals surface area contributed by atoms with Crippen LogP contribution in [0, 0.1) is 10.1 Å². The predicted octanol–water partition coefficient (Wildman–Crippen LogP) is 2.70. The molecular formula is C14H12N2O3. The molecule has 0 spiro atoms. The van der Waals surface area contributed by atoms with Crippen LogP contribution in [0.15, 0.2) is 59.6 Å². The smallest absolute Gasteiger partial charge is 0.269 e. The van der Waals surface area contributed by atoms with E-state index >= 15 is 0 Å². The lowest BCUT2D eigenvalue weighted by Gasteiger charge is -2.04. The Labute approximate surface area is 110 Å². The van der Waals surface area contributed by atoms with Crippen LogP contribution in [0.5, 0.6) is 0 Å². The summed E-state index contributed by atoms with van der Waals surface area (Å²) in [5.74, 6) is 0. The first-order valence-corrected chi connectivity index (χ1v) is 5.67. The van der Waals surface area contributed by atoms with Gasteiger partial charge in [-0.05, 0) is 17.7 Å². The summed E-state index contributed by atoms with van der Waals surface area (Å²) in [5.41, 5.74) is 1.42. The van der Waals surface area contributed by atoms with Crippen molar-refractivity contribution in [1.29, 1.82) is 0 Å². The number of nitrogens with zero attached hydrogens (tertiary/aromatic N) is 2. The minimum absolute atomic E-state index is 0.0285. The minimum Gasteiger partial charge on any atom is -0.368 e. The number of nitro groups is 1. The Kier molecular flexibility index (Phi) is 4.00. The van der Waals surface area contributed by atoms with Crippen LogP contribution in [0.2, 0.25) is 0 Å². The molecule has 0 bridgehead atoms. The molecule has 0 aliphatic rings. The van der Waals surface area contributed by atoms with Crippen LogP contribution in [0.3, 0.4) is 0 Å². The number of aliphatic hydroxyl groups is 1. The van der Waals surface area contributed by atoms with Gasteiger partial charge in [0.05, 0.1) is 4.92 Å². The van der Waals surface area contributed by atoms with E-state index in [9.17, 15) is 15.2 Å². The van der Waals surface area contributed by atoms with Gasteiger partial charge in [-0.3, -0.25) is 15.1 Å². The second-order valence-corrected chi connectivity index (χ2v) is 3.91. The van der Waals surface area contributed by atoms with Gasteiger partial charge in [0.15, 0.2) is 6.23 Å². The monoisotopic (exact) mass is 256 g/mol. The normalized spacial score (nSPS) is 12.5. The number of nitro benzene ring substituents is 1. The van der Waals surface area contributed by atoms with Crippen LogP contribution >= 0.6 is 0 Å². The Hall–Kier alpha value is -2.53. The highest BCUT2D eigenvalue weighted by atomic mass is 16.6. The van der Waals surface area contributed by atoms with Crippen molar-refractivity contribution in [1.82, 2.24) is 0 Å². The van der Waals surface area contributed by atoms with E-state index in [0.29, 0.717) is 11.1 Å². The van der Waals surface area contributed by atoms with Crippen molar-refractivity contribution in [2.24, 2.45) is 4.99 Å². The van der Waals surface area contributed by atoms with Crippen molar-refractivity contribution in [2.75, 3.05) is 0 Å². The summed E-state index contributed by atoms with van der Waals surface area (Å²) in [6.07, 6.45) is 0.554. The molecule has 2 rings (SSSR count). The average molecular weight is 256 g/mol. The molecular weight excluding hydrogens is 244 g/mol. The Morgan fingerprint density at radius 2 is 1.74 bits per heavy atom. The van der Waals surface area contributed by atoms with Crippen molar-refractivity contribution in [3.8, 4) is 0 Å². The number of rotatable bonds is 4. The van der Waals surface area contributed by atoms with Gasteiger partial charge in [0.1, 0.15) is 0 Å². The third kappa shape index (κ3) is 3.46. The van der Waals surface area contributed by atoms with Crippen molar-refractivity contribution in [2.45, 2.75) is 6.23 Å². The first-order chi connectivity index (χ1) is 9.16. The van der Waals surface area contributed by atoms with Crippen LogP contribution in [0.25, 0.3) is 0 Å². The average Bonchev–Trinajstić information content (AvgIpc) is 2.46. The molecule has 2 aromatic carbocycles. The topological polar surface area (TPSA) is 75.7 Å². The third-order valence-electron chi connectivity index (χ3n) is 2.57. The molecule has 0 amide bonds. The SMILES string of the molecule is O=[N+]([O-])c1ccc(C=NC(O)c2ccccc2)cc1. The summed E-state index contributed by atoms with van der Waals surface area (Å²) in [7, 11) is 0. The second-order valence-electron chi connectivity index (χ2n) is 3.91. The molecule has 5 nitrogen and oxygen atoms in total. The maximum atomic E-state index is 10.5. The van der Waals surface area contributed by atoms with Crippen molar-refractivity contribution >= 4 is 11.9 Å². The Morgan fingerprint density at radius 3 is 2.32 bits per heavy atom. The lowest BCUT2D eigenvalue weighted by molar-refractivity contribution is -0.384. The predicted molar refractivity (Wildman–Crippen MR) is 72.1 cm³/mol. The molecule has 5 heteroatoms. The van der Waals surface area contributed by atoms with E-state index < -0.39 is 11.2 Å². The van der Waals surface area contributed by atoms with Crippen LogP contribution in [-0.4, -0.2) is 16.2 Å². The molecule has 0 aliphatic heterocycles. The highest BCUT2D eigenvalue weighted by Gasteiger charge is 2.04. The Morgan fingerprint density at radius 1 is 1.11 bits per heavy atom. The van der Waals surface area contributed by atoms with Gasteiger partial charge >= 0.3 is 0 Å². The van der Waals surface area contributed by atoms with E-state index in [0.717, 1.165) is 0 Å². The third-order valence-corrected chi connectivity index (χ3v) is 2.57. The van der Waals surface area contributed by atoms with Gasteiger partial charge in [-0.2, -0.15) is 0 Å². The minimum atomic E-state index is -0.934. The van der Waals surface area contributed by atoms with Crippen LogP contribution in [0.4, 0.5) is 5.69 Å². The van der Waals surface area contributed by atoms with Crippen LogP contribution in [-0.2, 0) is 0 Å². The summed E-state index contributed by atoms with van der Waals surface area (Å²) in [6, 6.07) is 15.0. The molecule has 0 saturated carbocycles. The molecule has 2 aromatic rings. The van der Waals surface area contributed by atoms with Gasteiger partial charge in [0.25, 0.3) is 5.69 Å². The fourth-order valence-corrected chi connectivity index (χ4v) is 1.55. The van der Waals surface area contributed by atoms with E-state index in [1.165, 1.54) is 18.3 Å². The second kappa shape index (κ2) is 5.88. The van der Waals surface area contributed by atoms with E-state index in [1.807, 2.05) is 18.2 Å². The van der Waals surface area contributed by atoms with Crippen molar-refractivity contribution in [3.05, 3.63) is 75.8 Å². The summed E-state index contributed by atoms with van der Waals surface area (Å²) >= 11 is 0. The molecule has 0 heterocycles. The lowest BCUT2D eigenvalue weighted by atomic mass is 10.2. The molecule has 19 heavy (non-hydrogen) atoms. The van der Waals surface area contributed by atoms with E-state index in [4.69, 9.17) is 0 Å². The van der Waals surface area contributed by atoms with Gasteiger partial charge < -0.3 is 5.11 Å². The molecule has 0 aromatic heterocycles. The standard InChI is InChI=1S/C14H12N2O3/c17-14(12-4-2-1-3-5-12)15-10-11-6-8-13(9-7-11)16(18)19/h1-10,14,17H. The zero-order valence-electron chi connectivity index (χ0n) is 10.0. The molecule has 0 fully saturated rings. The molecule has 1 atom stereocenters. The maximum absolute atomic E-state index is 10.5. The van der Waals surface area contributed by atoms with E-state index in [2.05, 4.69) is 4.99 Å². The zero-order valence-corrected chi connectivity index (χ0v) is 10.0.